The van der Waals surface area contributed by atoms with Crippen molar-refractivity contribution >= 4 is 29.3 Å². The van der Waals surface area contributed by atoms with Gasteiger partial charge in [-0.3, -0.25) is 4.79 Å². The van der Waals surface area contributed by atoms with Gasteiger partial charge in [-0.2, -0.15) is 0 Å². The summed E-state index contributed by atoms with van der Waals surface area (Å²) in [5, 5.41) is 5.11. The molecule has 138 valence electrons. The minimum Gasteiger partial charge on any atom is -0.483 e. The van der Waals surface area contributed by atoms with E-state index in [1.54, 1.807) is 18.2 Å². The van der Waals surface area contributed by atoms with Crippen LogP contribution in [-0.4, -0.2) is 31.5 Å². The Balaban J connectivity index is 2.16. The highest BCUT2D eigenvalue weighted by molar-refractivity contribution is 6.29. The maximum absolute atomic E-state index is 11.6. The minimum atomic E-state index is -0.494. The van der Waals surface area contributed by atoms with Gasteiger partial charge in [-0.15, -0.1) is 11.6 Å². The third-order valence-corrected chi connectivity index (χ3v) is 3.78. The van der Waals surface area contributed by atoms with Crippen molar-refractivity contribution in [3.05, 3.63) is 60.2 Å². The zero-order valence-electron chi connectivity index (χ0n) is 14.4. The highest BCUT2D eigenvalue weighted by Crippen LogP contribution is 2.31. The second-order valence-electron chi connectivity index (χ2n) is 5.37. The van der Waals surface area contributed by atoms with E-state index in [1.165, 1.54) is 7.05 Å². The van der Waals surface area contributed by atoms with Gasteiger partial charge in [0, 0.05) is 13.5 Å². The predicted octanol–water partition coefficient (Wildman–Crippen LogP) is 3.73. The monoisotopic (exact) mass is 376 g/mol. The van der Waals surface area contributed by atoms with Crippen LogP contribution in [0.4, 0.5) is 10.5 Å². The first-order valence-corrected chi connectivity index (χ1v) is 8.68. The van der Waals surface area contributed by atoms with E-state index in [-0.39, 0.29) is 24.5 Å². The van der Waals surface area contributed by atoms with E-state index in [9.17, 15) is 9.59 Å². The van der Waals surface area contributed by atoms with Crippen molar-refractivity contribution in [1.82, 2.24) is 5.32 Å². The molecular weight excluding hydrogens is 356 g/mol. The van der Waals surface area contributed by atoms with Crippen molar-refractivity contribution in [2.45, 2.75) is 12.5 Å². The average Bonchev–Trinajstić information content (AvgIpc) is 2.68. The molecular formula is C19H21ClN2O4. The first-order chi connectivity index (χ1) is 12.6. The van der Waals surface area contributed by atoms with E-state index in [0.717, 1.165) is 5.56 Å². The summed E-state index contributed by atoms with van der Waals surface area (Å²) < 4.78 is 11.2. The summed E-state index contributed by atoms with van der Waals surface area (Å²) in [6.07, 6.45) is -0.392. The molecule has 0 radical (unpaired) electrons. The molecule has 0 aromatic heterocycles. The van der Waals surface area contributed by atoms with Gasteiger partial charge in [-0.1, -0.05) is 42.5 Å². The fourth-order valence-electron chi connectivity index (χ4n) is 2.30. The van der Waals surface area contributed by atoms with Crippen LogP contribution >= 0.6 is 11.6 Å². The van der Waals surface area contributed by atoms with Crippen LogP contribution in [0.3, 0.4) is 0 Å². The predicted molar refractivity (Wildman–Crippen MR) is 101 cm³/mol. The number of hydrogen-bond acceptors (Lipinski definition) is 4. The van der Waals surface area contributed by atoms with Gasteiger partial charge in [-0.25, -0.2) is 4.79 Å². The smallest absolute Gasteiger partial charge is 0.406 e. The molecule has 2 rings (SSSR count). The molecule has 1 atom stereocenters. The lowest BCUT2D eigenvalue weighted by atomic mass is 10.1. The molecule has 2 aromatic carbocycles. The third-order valence-electron chi connectivity index (χ3n) is 3.54. The molecule has 0 bridgehead atoms. The number of rotatable bonds is 8. The Morgan fingerprint density at radius 1 is 1.08 bits per heavy atom. The maximum Gasteiger partial charge on any atom is 0.406 e. The average molecular weight is 377 g/mol. The summed E-state index contributed by atoms with van der Waals surface area (Å²) in [6, 6.07) is 16.7. The number of carbonyl (C=O) groups is 2. The molecule has 2 aromatic rings. The van der Waals surface area contributed by atoms with E-state index in [1.807, 2.05) is 36.4 Å². The number of amides is 2. The standard InChI is InChI=1S/C19H21ClN2O4/c1-21-19(24)25-12-11-16(14-7-3-2-4-8-14)26-17-10-6-5-9-15(17)22-18(23)13-20/h2-10,16H,11-13H2,1H3,(H,21,24)(H,22,23). The lowest BCUT2D eigenvalue weighted by Gasteiger charge is -2.21. The van der Waals surface area contributed by atoms with Crippen molar-refractivity contribution in [3.8, 4) is 5.75 Å². The van der Waals surface area contributed by atoms with Gasteiger partial charge < -0.3 is 20.1 Å². The number of alkyl carbamates (subject to hydrolysis) is 1. The Morgan fingerprint density at radius 2 is 1.77 bits per heavy atom. The van der Waals surface area contributed by atoms with Gasteiger partial charge >= 0.3 is 6.09 Å². The first kappa shape index (κ1) is 19.6. The highest BCUT2D eigenvalue weighted by Gasteiger charge is 2.17. The SMILES string of the molecule is CNC(=O)OCCC(Oc1ccccc1NC(=O)CCl)c1ccccc1. The molecule has 7 heteroatoms. The molecule has 2 amide bonds. The summed E-state index contributed by atoms with van der Waals surface area (Å²) in [5.74, 6) is 0.0536. The topological polar surface area (TPSA) is 76.7 Å². The lowest BCUT2D eigenvalue weighted by molar-refractivity contribution is -0.113. The summed E-state index contributed by atoms with van der Waals surface area (Å²) in [4.78, 5) is 22.9. The maximum atomic E-state index is 11.6. The number of anilines is 1. The molecule has 1 unspecified atom stereocenters. The number of hydrogen-bond donors (Lipinski definition) is 2. The fourth-order valence-corrected chi connectivity index (χ4v) is 2.37. The largest absolute Gasteiger partial charge is 0.483 e. The van der Waals surface area contributed by atoms with Crippen LogP contribution in [0.2, 0.25) is 0 Å². The van der Waals surface area contributed by atoms with Crippen LogP contribution in [0, 0.1) is 0 Å². The van der Waals surface area contributed by atoms with Crippen molar-refractivity contribution in [2.24, 2.45) is 0 Å². The van der Waals surface area contributed by atoms with Gasteiger partial charge in [0.05, 0.1) is 12.3 Å². The van der Waals surface area contributed by atoms with Crippen molar-refractivity contribution < 1.29 is 19.1 Å². The van der Waals surface area contributed by atoms with E-state index >= 15 is 0 Å². The van der Waals surface area contributed by atoms with Crippen LogP contribution in [0.1, 0.15) is 18.1 Å². The molecule has 0 saturated carbocycles. The van der Waals surface area contributed by atoms with E-state index in [2.05, 4.69) is 10.6 Å². The van der Waals surface area contributed by atoms with Gasteiger partial charge in [0.2, 0.25) is 5.91 Å². The fraction of sp³-hybridized carbons (Fsp3) is 0.263. The zero-order valence-corrected chi connectivity index (χ0v) is 15.2. The Labute approximate surface area is 157 Å². The van der Waals surface area contributed by atoms with E-state index in [4.69, 9.17) is 21.1 Å². The summed E-state index contributed by atoms with van der Waals surface area (Å²) in [5.41, 5.74) is 1.47. The lowest BCUT2D eigenvalue weighted by Crippen LogP contribution is -2.21. The number of ether oxygens (including phenoxy) is 2. The molecule has 0 aliphatic heterocycles. The Hall–Kier alpha value is -2.73. The van der Waals surface area contributed by atoms with Crippen LogP contribution in [0.15, 0.2) is 54.6 Å². The molecule has 6 nitrogen and oxygen atoms in total. The normalized spacial score (nSPS) is 11.3. The van der Waals surface area contributed by atoms with Crippen molar-refractivity contribution in [3.63, 3.8) is 0 Å². The molecule has 0 spiro atoms. The van der Waals surface area contributed by atoms with Crippen LogP contribution in [0.25, 0.3) is 0 Å². The number of carbonyl (C=O) groups excluding carboxylic acids is 2. The Morgan fingerprint density at radius 3 is 2.46 bits per heavy atom. The number of benzene rings is 2. The molecule has 0 heterocycles. The van der Waals surface area contributed by atoms with E-state index in [0.29, 0.717) is 17.9 Å². The van der Waals surface area contributed by atoms with E-state index < -0.39 is 6.09 Å². The van der Waals surface area contributed by atoms with Crippen molar-refractivity contribution in [2.75, 3.05) is 24.9 Å². The molecule has 26 heavy (non-hydrogen) atoms. The van der Waals surface area contributed by atoms with Gasteiger partial charge in [0.25, 0.3) is 0 Å². The number of alkyl halides is 1. The Kier molecular flexibility index (Phi) is 7.76. The molecule has 0 saturated heterocycles. The molecule has 0 aliphatic rings. The summed E-state index contributed by atoms with van der Waals surface area (Å²) in [6.45, 7) is 0.190. The van der Waals surface area contributed by atoms with Crippen molar-refractivity contribution in [1.29, 1.82) is 0 Å². The van der Waals surface area contributed by atoms with Gasteiger partial charge in [0.1, 0.15) is 17.7 Å². The molecule has 2 N–H and O–H groups in total. The number of nitrogens with one attached hydrogen (secondary N) is 2. The summed E-state index contributed by atoms with van der Waals surface area (Å²) >= 11 is 5.56. The van der Waals surface area contributed by atoms with Crippen LogP contribution in [-0.2, 0) is 9.53 Å². The minimum absolute atomic E-state index is 0.142. The van der Waals surface area contributed by atoms with Gasteiger partial charge in [0.15, 0.2) is 0 Å². The third kappa shape index (κ3) is 5.97. The quantitative estimate of drug-likeness (QED) is 0.688. The number of para-hydroxylation sites is 2. The van der Waals surface area contributed by atoms with Crippen LogP contribution < -0.4 is 15.4 Å². The second kappa shape index (κ2) is 10.3. The second-order valence-corrected chi connectivity index (χ2v) is 5.64. The zero-order chi connectivity index (χ0) is 18.8. The van der Waals surface area contributed by atoms with Crippen LogP contribution in [0.5, 0.6) is 5.75 Å². The Bertz CT molecular complexity index is 724. The summed E-state index contributed by atoms with van der Waals surface area (Å²) in [7, 11) is 1.50. The first-order valence-electron chi connectivity index (χ1n) is 8.15. The highest BCUT2D eigenvalue weighted by atomic mass is 35.5. The molecule has 0 aliphatic carbocycles. The molecule has 0 fully saturated rings. The van der Waals surface area contributed by atoms with Gasteiger partial charge in [-0.05, 0) is 17.7 Å². The number of halogens is 1.